The largest absolute Gasteiger partial charge is 0.463 e. The van der Waals surface area contributed by atoms with Crippen LogP contribution in [0.1, 0.15) is 25.8 Å². The summed E-state index contributed by atoms with van der Waals surface area (Å²) in [5.74, 6) is -0.500. The molecular weight excluding hydrogens is 246 g/mol. The quantitative estimate of drug-likeness (QED) is 0.342. The molecular formula is C14H17NO4. The minimum Gasteiger partial charge on any atom is -0.463 e. The Labute approximate surface area is 112 Å². The molecule has 5 nitrogen and oxygen atoms in total. The number of hydrogen-bond donors (Lipinski definition) is 0. The first-order valence-electron chi connectivity index (χ1n) is 6.10. The van der Waals surface area contributed by atoms with Gasteiger partial charge in [0.25, 0.3) is 0 Å². The van der Waals surface area contributed by atoms with Crippen molar-refractivity contribution in [3.05, 3.63) is 51.6 Å². The lowest BCUT2D eigenvalue weighted by Crippen LogP contribution is -2.19. The lowest BCUT2D eigenvalue weighted by atomic mass is 10.0. The van der Waals surface area contributed by atoms with Gasteiger partial charge in [-0.05, 0) is 18.6 Å². The van der Waals surface area contributed by atoms with Crippen LogP contribution in [0, 0.1) is 10.1 Å². The second kappa shape index (κ2) is 7.31. The lowest BCUT2D eigenvalue weighted by molar-refractivity contribution is -0.517. The van der Waals surface area contributed by atoms with Crippen LogP contribution in [0.5, 0.6) is 0 Å². The van der Waals surface area contributed by atoms with E-state index in [4.69, 9.17) is 4.74 Å². The van der Waals surface area contributed by atoms with Gasteiger partial charge in [0.15, 0.2) is 0 Å². The predicted molar refractivity (Wildman–Crippen MR) is 72.1 cm³/mol. The fourth-order valence-corrected chi connectivity index (χ4v) is 1.57. The van der Waals surface area contributed by atoms with Gasteiger partial charge in [0.05, 0.1) is 6.61 Å². The van der Waals surface area contributed by atoms with Gasteiger partial charge in [-0.2, -0.15) is 0 Å². The maximum absolute atomic E-state index is 11.8. The number of hydrogen-bond acceptors (Lipinski definition) is 4. The molecule has 1 atom stereocenters. The smallest absolute Gasteiger partial charge is 0.334 e. The van der Waals surface area contributed by atoms with E-state index in [1.165, 1.54) is 6.92 Å². The van der Waals surface area contributed by atoms with E-state index >= 15 is 0 Å². The first-order valence-corrected chi connectivity index (χ1v) is 6.10. The van der Waals surface area contributed by atoms with Gasteiger partial charge in [0.1, 0.15) is 0 Å². The normalized spacial score (nSPS) is 12.8. The van der Waals surface area contributed by atoms with Crippen LogP contribution in [0.15, 0.2) is 35.9 Å². The highest BCUT2D eigenvalue weighted by atomic mass is 16.6. The first-order chi connectivity index (χ1) is 9.04. The topological polar surface area (TPSA) is 69.4 Å². The molecule has 0 saturated carbocycles. The summed E-state index contributed by atoms with van der Waals surface area (Å²) >= 11 is 0. The van der Waals surface area contributed by atoms with E-state index in [0.717, 1.165) is 5.56 Å². The molecule has 0 aliphatic rings. The zero-order valence-electron chi connectivity index (χ0n) is 11.0. The summed E-state index contributed by atoms with van der Waals surface area (Å²) in [6.07, 6.45) is 1.69. The molecule has 0 saturated heterocycles. The Kier molecular flexibility index (Phi) is 5.73. The van der Waals surface area contributed by atoms with Crippen molar-refractivity contribution in [3.63, 3.8) is 0 Å². The number of benzene rings is 1. The standard InChI is InChI=1S/C14H17NO4/c1-3-19-14(16)13(9-11(2)15(17)18)10-12-7-5-4-6-8-12/h4-8,10-11H,3,9H2,1-2H3/b13-10+/t11-/m0/s1. The van der Waals surface area contributed by atoms with Crippen LogP contribution in [0.25, 0.3) is 6.08 Å². The van der Waals surface area contributed by atoms with E-state index in [1.54, 1.807) is 13.0 Å². The SMILES string of the molecule is CCOC(=O)/C(=C/c1ccccc1)C[C@H](C)[N+](=O)[O-]. The number of nitrogens with zero attached hydrogens (tertiary/aromatic N) is 1. The fourth-order valence-electron chi connectivity index (χ4n) is 1.57. The fraction of sp³-hybridized carbons (Fsp3) is 0.357. The highest BCUT2D eigenvalue weighted by Crippen LogP contribution is 2.15. The summed E-state index contributed by atoms with van der Waals surface area (Å²) < 4.78 is 4.93. The molecule has 0 spiro atoms. The van der Waals surface area contributed by atoms with E-state index < -0.39 is 16.9 Å². The first kappa shape index (κ1) is 14.9. The van der Waals surface area contributed by atoms with Gasteiger partial charge < -0.3 is 4.74 Å². The molecule has 1 rings (SSSR count). The third-order valence-electron chi connectivity index (χ3n) is 2.55. The second-order valence-corrected chi connectivity index (χ2v) is 4.14. The van der Waals surface area contributed by atoms with Crippen LogP contribution in [-0.4, -0.2) is 23.5 Å². The Morgan fingerprint density at radius 1 is 1.42 bits per heavy atom. The summed E-state index contributed by atoms with van der Waals surface area (Å²) in [7, 11) is 0. The molecule has 0 radical (unpaired) electrons. The Hall–Kier alpha value is -2.17. The molecule has 19 heavy (non-hydrogen) atoms. The molecule has 1 aromatic rings. The lowest BCUT2D eigenvalue weighted by Gasteiger charge is -2.08. The minimum atomic E-state index is -0.820. The van der Waals surface area contributed by atoms with Gasteiger partial charge >= 0.3 is 5.97 Å². The Morgan fingerprint density at radius 3 is 2.58 bits per heavy atom. The van der Waals surface area contributed by atoms with Crippen molar-refractivity contribution in [1.29, 1.82) is 0 Å². The van der Waals surface area contributed by atoms with Gasteiger partial charge in [0, 0.05) is 23.8 Å². The summed E-state index contributed by atoms with van der Waals surface area (Å²) in [4.78, 5) is 22.1. The number of carbonyl (C=O) groups is 1. The van der Waals surface area contributed by atoms with E-state index in [1.807, 2.05) is 30.3 Å². The molecule has 5 heteroatoms. The van der Waals surface area contributed by atoms with Gasteiger partial charge in [-0.1, -0.05) is 30.3 Å². The molecule has 0 unspecified atom stereocenters. The third-order valence-corrected chi connectivity index (χ3v) is 2.55. The van der Waals surface area contributed by atoms with E-state index in [0.29, 0.717) is 5.57 Å². The van der Waals surface area contributed by atoms with Gasteiger partial charge in [-0.25, -0.2) is 4.79 Å². The van der Waals surface area contributed by atoms with Crippen LogP contribution in [-0.2, 0) is 9.53 Å². The highest BCUT2D eigenvalue weighted by molar-refractivity contribution is 5.93. The van der Waals surface area contributed by atoms with E-state index in [2.05, 4.69) is 0 Å². The Bertz CT molecular complexity index is 468. The number of ether oxygens (including phenoxy) is 1. The summed E-state index contributed by atoms with van der Waals surface area (Å²) in [5.41, 5.74) is 1.14. The van der Waals surface area contributed by atoms with Gasteiger partial charge in [0.2, 0.25) is 6.04 Å². The van der Waals surface area contributed by atoms with Crippen LogP contribution < -0.4 is 0 Å². The zero-order valence-corrected chi connectivity index (χ0v) is 11.0. The maximum Gasteiger partial charge on any atom is 0.334 e. The van der Waals surface area contributed by atoms with Crippen molar-refractivity contribution in [2.24, 2.45) is 0 Å². The summed E-state index contributed by atoms with van der Waals surface area (Å²) in [6, 6.07) is 8.38. The van der Waals surface area contributed by atoms with Crippen LogP contribution in [0.2, 0.25) is 0 Å². The number of nitro groups is 1. The Balaban J connectivity index is 2.95. The minimum absolute atomic E-state index is 0.0563. The summed E-state index contributed by atoms with van der Waals surface area (Å²) in [5, 5.41) is 10.7. The van der Waals surface area contributed by atoms with Crippen molar-refractivity contribution < 1.29 is 14.5 Å². The maximum atomic E-state index is 11.8. The van der Waals surface area contributed by atoms with Crippen LogP contribution >= 0.6 is 0 Å². The molecule has 0 aliphatic carbocycles. The molecule has 0 aliphatic heterocycles. The van der Waals surface area contributed by atoms with Gasteiger partial charge in [-0.15, -0.1) is 0 Å². The summed E-state index contributed by atoms with van der Waals surface area (Å²) in [6.45, 7) is 3.42. The van der Waals surface area contributed by atoms with Crippen molar-refractivity contribution in [2.75, 3.05) is 6.61 Å². The average molecular weight is 263 g/mol. The van der Waals surface area contributed by atoms with Gasteiger partial charge in [-0.3, -0.25) is 10.1 Å². The molecule has 0 fully saturated rings. The second-order valence-electron chi connectivity index (χ2n) is 4.14. The molecule has 0 amide bonds. The number of rotatable bonds is 6. The number of esters is 1. The highest BCUT2D eigenvalue weighted by Gasteiger charge is 2.20. The third kappa shape index (κ3) is 4.91. The number of carbonyl (C=O) groups excluding carboxylic acids is 1. The van der Waals surface area contributed by atoms with Crippen LogP contribution in [0.3, 0.4) is 0 Å². The van der Waals surface area contributed by atoms with Crippen molar-refractivity contribution in [2.45, 2.75) is 26.3 Å². The molecule has 102 valence electrons. The van der Waals surface area contributed by atoms with Crippen LogP contribution in [0.4, 0.5) is 0 Å². The molecule has 0 aromatic heterocycles. The van der Waals surface area contributed by atoms with E-state index in [-0.39, 0.29) is 13.0 Å². The molecule has 0 heterocycles. The Morgan fingerprint density at radius 2 is 2.05 bits per heavy atom. The molecule has 0 N–H and O–H groups in total. The van der Waals surface area contributed by atoms with E-state index in [9.17, 15) is 14.9 Å². The average Bonchev–Trinajstić information content (AvgIpc) is 2.39. The van der Waals surface area contributed by atoms with Crippen molar-refractivity contribution in [1.82, 2.24) is 0 Å². The monoisotopic (exact) mass is 263 g/mol. The molecule has 1 aromatic carbocycles. The molecule has 0 bridgehead atoms. The predicted octanol–water partition coefficient (Wildman–Crippen LogP) is 2.69. The van der Waals surface area contributed by atoms with Crippen molar-refractivity contribution >= 4 is 12.0 Å². The zero-order chi connectivity index (χ0) is 14.3. The van der Waals surface area contributed by atoms with Crippen molar-refractivity contribution in [3.8, 4) is 0 Å².